The number of nitrogens with two attached hydrogens (primary N) is 1. The molecule has 0 bridgehead atoms. The van der Waals surface area contributed by atoms with Gasteiger partial charge in [0.2, 0.25) is 17.7 Å². The summed E-state index contributed by atoms with van der Waals surface area (Å²) < 4.78 is 0. The maximum Gasteiger partial charge on any atom is 0.326 e. The molecule has 0 aromatic carbocycles. The van der Waals surface area contributed by atoms with E-state index in [2.05, 4.69) is 25.9 Å². The van der Waals surface area contributed by atoms with Crippen LogP contribution in [0.1, 0.15) is 46.2 Å². The molecule has 3 amide bonds. The molecule has 0 aliphatic rings. The monoisotopic (exact) mass is 438 g/mol. The van der Waals surface area contributed by atoms with Gasteiger partial charge in [-0.1, -0.05) is 34.1 Å². The second kappa shape index (κ2) is 12.7. The summed E-state index contributed by atoms with van der Waals surface area (Å²) in [6.45, 7) is 7.16. The van der Waals surface area contributed by atoms with Crippen molar-refractivity contribution in [3.63, 3.8) is 0 Å². The summed E-state index contributed by atoms with van der Waals surface area (Å²) in [4.78, 5) is 55.1. The van der Waals surface area contributed by atoms with Crippen molar-refractivity contribution >= 4 is 23.7 Å². The van der Waals surface area contributed by atoms with E-state index in [9.17, 15) is 24.3 Å². The molecule has 0 spiro atoms. The molecule has 7 N–H and O–H groups in total. The van der Waals surface area contributed by atoms with Crippen LogP contribution < -0.4 is 21.7 Å². The number of nitrogens with one attached hydrogen (secondary N) is 4. The molecule has 31 heavy (non-hydrogen) atoms. The third-order valence-electron chi connectivity index (χ3n) is 4.94. The minimum absolute atomic E-state index is 0.0224. The van der Waals surface area contributed by atoms with Gasteiger partial charge >= 0.3 is 5.97 Å². The number of aliphatic carboxylic acids is 1. The molecule has 1 aromatic rings. The third-order valence-corrected chi connectivity index (χ3v) is 4.94. The Morgan fingerprint density at radius 3 is 2.32 bits per heavy atom. The van der Waals surface area contributed by atoms with Gasteiger partial charge in [0.15, 0.2) is 0 Å². The number of carboxylic acid groups (broad SMARTS) is 1. The molecular formula is C20H34N6O5. The number of carbonyl (C=O) groups excluding carboxylic acids is 3. The minimum Gasteiger partial charge on any atom is -0.480 e. The molecule has 11 nitrogen and oxygen atoms in total. The summed E-state index contributed by atoms with van der Waals surface area (Å²) in [5.41, 5.74) is 6.49. The number of carbonyl (C=O) groups is 4. The van der Waals surface area contributed by atoms with Crippen LogP contribution >= 0.6 is 0 Å². The predicted octanol–water partition coefficient (Wildman–Crippen LogP) is -0.458. The lowest BCUT2D eigenvalue weighted by molar-refractivity contribution is -0.141. The van der Waals surface area contributed by atoms with E-state index in [0.717, 1.165) is 6.42 Å². The highest BCUT2D eigenvalue weighted by atomic mass is 16.4. The van der Waals surface area contributed by atoms with Gasteiger partial charge in [-0.25, -0.2) is 9.78 Å². The number of H-pyrrole nitrogens is 1. The van der Waals surface area contributed by atoms with Gasteiger partial charge in [-0.05, 0) is 18.3 Å². The normalized spacial score (nSPS) is 14.9. The second-order valence-corrected chi connectivity index (χ2v) is 8.06. The quantitative estimate of drug-likeness (QED) is 0.241. The third kappa shape index (κ3) is 9.16. The molecule has 11 heteroatoms. The molecule has 0 aliphatic heterocycles. The number of imidazole rings is 1. The highest BCUT2D eigenvalue weighted by Gasteiger charge is 2.27. The van der Waals surface area contributed by atoms with Crippen LogP contribution in [0.4, 0.5) is 0 Å². The molecule has 1 rings (SSSR count). The first kappa shape index (κ1) is 26.1. The molecule has 0 radical (unpaired) electrons. The van der Waals surface area contributed by atoms with Gasteiger partial charge in [-0.3, -0.25) is 14.4 Å². The predicted molar refractivity (Wildman–Crippen MR) is 114 cm³/mol. The first-order chi connectivity index (χ1) is 14.5. The molecule has 0 saturated heterocycles. The highest BCUT2D eigenvalue weighted by Crippen LogP contribution is 2.09. The van der Waals surface area contributed by atoms with Gasteiger partial charge in [-0.15, -0.1) is 0 Å². The molecule has 0 fully saturated rings. The topological polar surface area (TPSA) is 179 Å². The molecule has 4 unspecified atom stereocenters. The largest absolute Gasteiger partial charge is 0.480 e. The van der Waals surface area contributed by atoms with Crippen molar-refractivity contribution in [2.24, 2.45) is 17.6 Å². The fraction of sp³-hybridized carbons (Fsp3) is 0.650. The molecule has 4 atom stereocenters. The first-order valence-electron chi connectivity index (χ1n) is 10.4. The van der Waals surface area contributed by atoms with E-state index < -0.39 is 48.4 Å². The van der Waals surface area contributed by atoms with Gasteiger partial charge < -0.3 is 31.8 Å². The molecule has 1 aromatic heterocycles. The molecule has 0 saturated carbocycles. The lowest BCUT2D eigenvalue weighted by Crippen LogP contribution is -2.55. The Morgan fingerprint density at radius 1 is 1.13 bits per heavy atom. The van der Waals surface area contributed by atoms with Crippen molar-refractivity contribution in [1.82, 2.24) is 25.9 Å². The van der Waals surface area contributed by atoms with Crippen LogP contribution in [0.25, 0.3) is 0 Å². The Hall–Kier alpha value is -2.95. The molecule has 0 aliphatic carbocycles. The Labute approximate surface area is 181 Å². The molecular weight excluding hydrogens is 404 g/mol. The fourth-order valence-electron chi connectivity index (χ4n) is 2.84. The van der Waals surface area contributed by atoms with Crippen molar-refractivity contribution in [2.75, 3.05) is 6.54 Å². The summed E-state index contributed by atoms with van der Waals surface area (Å²) in [6, 6.07) is -2.77. The van der Waals surface area contributed by atoms with Crippen LogP contribution in [0, 0.1) is 11.8 Å². The average molecular weight is 439 g/mol. The SMILES string of the molecule is CCC(C)C(N)C(=O)NC(CC(C)C)C(=O)NCC(=O)NC(Cc1cnc[nH]1)C(=O)O. The number of aromatic nitrogens is 2. The maximum absolute atomic E-state index is 12.6. The average Bonchev–Trinajstić information content (AvgIpc) is 3.22. The number of amides is 3. The Kier molecular flexibility index (Phi) is 10.7. The van der Waals surface area contributed by atoms with Gasteiger partial charge in [0.05, 0.1) is 18.9 Å². The summed E-state index contributed by atoms with van der Waals surface area (Å²) in [5.74, 6) is -2.77. The Bertz CT molecular complexity index is 736. The van der Waals surface area contributed by atoms with E-state index in [-0.39, 0.29) is 18.3 Å². The van der Waals surface area contributed by atoms with Crippen LogP contribution in [0.3, 0.4) is 0 Å². The van der Waals surface area contributed by atoms with E-state index in [1.165, 1.54) is 12.5 Å². The van der Waals surface area contributed by atoms with Crippen LogP contribution in [0.2, 0.25) is 0 Å². The lowest BCUT2D eigenvalue weighted by atomic mass is 9.97. The lowest BCUT2D eigenvalue weighted by Gasteiger charge is -2.24. The second-order valence-electron chi connectivity index (χ2n) is 8.06. The van der Waals surface area contributed by atoms with Gasteiger partial charge in [0.1, 0.15) is 12.1 Å². The molecule has 174 valence electrons. The van der Waals surface area contributed by atoms with Gasteiger partial charge in [-0.2, -0.15) is 0 Å². The van der Waals surface area contributed by atoms with Crippen LogP contribution in [-0.2, 0) is 25.6 Å². The minimum atomic E-state index is -1.21. The number of rotatable bonds is 13. The van der Waals surface area contributed by atoms with E-state index in [0.29, 0.717) is 12.1 Å². The van der Waals surface area contributed by atoms with Crippen molar-refractivity contribution in [1.29, 1.82) is 0 Å². The fourth-order valence-corrected chi connectivity index (χ4v) is 2.84. The van der Waals surface area contributed by atoms with E-state index in [4.69, 9.17) is 5.73 Å². The number of carboxylic acids is 1. The maximum atomic E-state index is 12.6. The Balaban J connectivity index is 2.65. The first-order valence-corrected chi connectivity index (χ1v) is 10.4. The summed E-state index contributed by atoms with van der Waals surface area (Å²) in [6.07, 6.45) is 3.98. The number of hydrogen-bond donors (Lipinski definition) is 6. The van der Waals surface area contributed by atoms with Crippen molar-refractivity contribution in [3.8, 4) is 0 Å². The summed E-state index contributed by atoms with van der Waals surface area (Å²) in [5, 5.41) is 16.8. The summed E-state index contributed by atoms with van der Waals surface area (Å²) >= 11 is 0. The van der Waals surface area contributed by atoms with Crippen LogP contribution in [0.5, 0.6) is 0 Å². The van der Waals surface area contributed by atoms with Crippen molar-refractivity contribution in [2.45, 2.75) is 65.1 Å². The zero-order valence-corrected chi connectivity index (χ0v) is 18.5. The van der Waals surface area contributed by atoms with Gasteiger partial charge in [0.25, 0.3) is 0 Å². The van der Waals surface area contributed by atoms with Crippen molar-refractivity contribution < 1.29 is 24.3 Å². The van der Waals surface area contributed by atoms with E-state index >= 15 is 0 Å². The number of hydrogen-bond acceptors (Lipinski definition) is 6. The molecule has 1 heterocycles. The zero-order chi connectivity index (χ0) is 23.6. The Morgan fingerprint density at radius 2 is 1.81 bits per heavy atom. The van der Waals surface area contributed by atoms with E-state index in [1.807, 2.05) is 27.7 Å². The van der Waals surface area contributed by atoms with Crippen molar-refractivity contribution in [3.05, 3.63) is 18.2 Å². The van der Waals surface area contributed by atoms with E-state index in [1.54, 1.807) is 0 Å². The van der Waals surface area contributed by atoms with Crippen LogP contribution in [0.15, 0.2) is 12.5 Å². The number of aromatic amines is 1. The standard InChI is InChI=1S/C20H34N6O5/c1-5-12(4)17(21)19(29)26-14(6-11(2)3)18(28)23-9-16(27)25-15(20(30)31)7-13-8-22-10-24-13/h8,10-12,14-15,17H,5-7,9,21H2,1-4H3,(H,22,24)(H,23,28)(H,25,27)(H,26,29)(H,30,31). The highest BCUT2D eigenvalue weighted by molar-refractivity contribution is 5.92. The van der Waals surface area contributed by atoms with Crippen LogP contribution in [-0.4, -0.2) is 63.4 Å². The smallest absolute Gasteiger partial charge is 0.326 e. The zero-order valence-electron chi connectivity index (χ0n) is 18.5. The van der Waals surface area contributed by atoms with Gasteiger partial charge in [0, 0.05) is 18.3 Å². The summed E-state index contributed by atoms with van der Waals surface area (Å²) in [7, 11) is 0. The number of nitrogens with zero attached hydrogens (tertiary/aromatic N) is 1.